The van der Waals surface area contributed by atoms with Gasteiger partial charge in [-0.3, -0.25) is 9.48 Å². The maximum absolute atomic E-state index is 12.7. The maximum atomic E-state index is 12.7. The van der Waals surface area contributed by atoms with Crippen molar-refractivity contribution in [2.24, 2.45) is 7.05 Å². The highest BCUT2D eigenvalue weighted by Crippen LogP contribution is 2.32. The molecular weight excluding hydrogens is 332 g/mol. The quantitative estimate of drug-likeness (QED) is 0.705. The van der Waals surface area contributed by atoms with Crippen molar-refractivity contribution in [3.05, 3.63) is 45.4 Å². The van der Waals surface area contributed by atoms with Gasteiger partial charge < -0.3 is 4.90 Å². The third-order valence-electron chi connectivity index (χ3n) is 5.17. The highest BCUT2D eigenvalue weighted by atomic mass is 32.1. The van der Waals surface area contributed by atoms with Gasteiger partial charge in [0.15, 0.2) is 5.65 Å². The molecule has 4 heterocycles. The maximum Gasteiger partial charge on any atom is 0.263 e. The van der Waals surface area contributed by atoms with Gasteiger partial charge in [-0.15, -0.1) is 11.3 Å². The average molecular weight is 354 g/mol. The Hall–Kier alpha value is -2.21. The number of amides is 1. The summed E-state index contributed by atoms with van der Waals surface area (Å²) in [4.78, 5) is 21.2. The standard InChI is InChI=1S/C19H22N4OS/c1-12-11-16(25-13(12)2)19(24)23-9-6-14(7-10-23)17-15-5-4-8-20-18(15)22(3)21-17/h4-5,8,11,14H,6-7,9-10H2,1-3H3. The van der Waals surface area contributed by atoms with Crippen molar-refractivity contribution in [2.45, 2.75) is 32.6 Å². The fraction of sp³-hybridized carbons (Fsp3) is 0.421. The van der Waals surface area contributed by atoms with Crippen LogP contribution >= 0.6 is 11.3 Å². The van der Waals surface area contributed by atoms with E-state index in [0.29, 0.717) is 5.92 Å². The van der Waals surface area contributed by atoms with Crippen LogP contribution in [0.1, 0.15) is 44.6 Å². The van der Waals surface area contributed by atoms with Crippen molar-refractivity contribution in [3.63, 3.8) is 0 Å². The number of aromatic nitrogens is 3. The van der Waals surface area contributed by atoms with Gasteiger partial charge in [0.2, 0.25) is 0 Å². The van der Waals surface area contributed by atoms with Crippen LogP contribution in [0, 0.1) is 13.8 Å². The molecule has 6 heteroatoms. The second kappa shape index (κ2) is 6.26. The summed E-state index contributed by atoms with van der Waals surface area (Å²) in [5, 5.41) is 5.85. The van der Waals surface area contributed by atoms with Crippen LogP contribution in [0.25, 0.3) is 11.0 Å². The minimum Gasteiger partial charge on any atom is -0.338 e. The predicted molar refractivity (Wildman–Crippen MR) is 100 cm³/mol. The number of rotatable bonds is 2. The molecule has 0 bridgehead atoms. The molecule has 1 aliphatic rings. The summed E-state index contributed by atoms with van der Waals surface area (Å²) >= 11 is 1.60. The number of hydrogen-bond acceptors (Lipinski definition) is 4. The van der Waals surface area contributed by atoms with Crippen molar-refractivity contribution in [1.29, 1.82) is 0 Å². The first kappa shape index (κ1) is 16.3. The highest BCUT2D eigenvalue weighted by Gasteiger charge is 2.28. The molecule has 5 nitrogen and oxygen atoms in total. The molecule has 0 radical (unpaired) electrons. The van der Waals surface area contributed by atoms with Crippen molar-refractivity contribution in [1.82, 2.24) is 19.7 Å². The third-order valence-corrected chi connectivity index (χ3v) is 6.31. The van der Waals surface area contributed by atoms with E-state index < -0.39 is 0 Å². The number of piperidine rings is 1. The van der Waals surface area contributed by atoms with Crippen LogP contribution in [0.15, 0.2) is 24.4 Å². The van der Waals surface area contributed by atoms with Crippen molar-refractivity contribution >= 4 is 28.3 Å². The Kier molecular flexibility index (Phi) is 4.07. The zero-order valence-corrected chi connectivity index (χ0v) is 15.6. The number of nitrogens with zero attached hydrogens (tertiary/aromatic N) is 4. The number of carbonyl (C=O) groups is 1. The van der Waals surface area contributed by atoms with Gasteiger partial charge in [0.05, 0.1) is 10.6 Å². The molecule has 3 aromatic heterocycles. The molecule has 130 valence electrons. The van der Waals surface area contributed by atoms with E-state index in [0.717, 1.165) is 47.5 Å². The minimum atomic E-state index is 0.173. The summed E-state index contributed by atoms with van der Waals surface area (Å²) in [6.45, 7) is 5.72. The molecule has 1 aliphatic heterocycles. The summed E-state index contributed by atoms with van der Waals surface area (Å²) in [6, 6.07) is 6.08. The highest BCUT2D eigenvalue weighted by molar-refractivity contribution is 7.14. The van der Waals surface area contributed by atoms with E-state index in [4.69, 9.17) is 5.10 Å². The van der Waals surface area contributed by atoms with Crippen LogP contribution in [0.3, 0.4) is 0 Å². The number of pyridine rings is 1. The molecule has 4 rings (SSSR count). The minimum absolute atomic E-state index is 0.173. The Balaban J connectivity index is 1.50. The molecule has 0 unspecified atom stereocenters. The normalized spacial score (nSPS) is 15.9. The van der Waals surface area contributed by atoms with Gasteiger partial charge in [-0.25, -0.2) is 4.98 Å². The topological polar surface area (TPSA) is 51.0 Å². The lowest BCUT2D eigenvalue weighted by atomic mass is 9.92. The first-order valence-corrected chi connectivity index (χ1v) is 9.50. The van der Waals surface area contributed by atoms with E-state index in [-0.39, 0.29) is 5.91 Å². The Labute approximate surface area is 151 Å². The molecule has 0 atom stereocenters. The van der Waals surface area contributed by atoms with Crippen LogP contribution in [0.5, 0.6) is 0 Å². The first-order chi connectivity index (χ1) is 12.0. The summed E-state index contributed by atoms with van der Waals surface area (Å²) in [6.07, 6.45) is 3.71. The lowest BCUT2D eigenvalue weighted by Crippen LogP contribution is -2.37. The first-order valence-electron chi connectivity index (χ1n) is 8.68. The van der Waals surface area contributed by atoms with Crippen molar-refractivity contribution in [3.8, 4) is 0 Å². The number of carbonyl (C=O) groups excluding carboxylic acids is 1. The number of thiophene rings is 1. The van der Waals surface area contributed by atoms with E-state index in [1.54, 1.807) is 17.5 Å². The van der Waals surface area contributed by atoms with Gasteiger partial charge in [0.25, 0.3) is 5.91 Å². The van der Waals surface area contributed by atoms with E-state index in [9.17, 15) is 4.79 Å². The molecule has 1 fully saturated rings. The van der Waals surface area contributed by atoms with Crippen LogP contribution in [0.2, 0.25) is 0 Å². The summed E-state index contributed by atoms with van der Waals surface area (Å²) < 4.78 is 1.86. The molecule has 0 saturated carbocycles. The zero-order chi connectivity index (χ0) is 17.6. The van der Waals surface area contributed by atoms with Gasteiger partial charge in [0, 0.05) is 42.5 Å². The van der Waals surface area contributed by atoms with Crippen LogP contribution in [0.4, 0.5) is 0 Å². The van der Waals surface area contributed by atoms with Crippen molar-refractivity contribution < 1.29 is 4.79 Å². The average Bonchev–Trinajstić information content (AvgIpc) is 3.15. The molecule has 0 N–H and O–H groups in total. The van der Waals surface area contributed by atoms with Gasteiger partial charge in [0.1, 0.15) is 0 Å². The second-order valence-corrected chi connectivity index (χ2v) is 8.06. The molecule has 1 amide bonds. The second-order valence-electron chi connectivity index (χ2n) is 6.80. The Bertz CT molecular complexity index is 915. The fourth-order valence-electron chi connectivity index (χ4n) is 3.61. The lowest BCUT2D eigenvalue weighted by molar-refractivity contribution is 0.0717. The number of aryl methyl sites for hydroxylation is 3. The monoisotopic (exact) mass is 354 g/mol. The molecular formula is C19H22N4OS. The molecule has 3 aromatic rings. The smallest absolute Gasteiger partial charge is 0.263 e. The molecule has 0 aliphatic carbocycles. The molecule has 1 saturated heterocycles. The summed E-state index contributed by atoms with van der Waals surface area (Å²) in [5.41, 5.74) is 3.26. The molecule has 25 heavy (non-hydrogen) atoms. The lowest BCUT2D eigenvalue weighted by Gasteiger charge is -2.31. The van der Waals surface area contributed by atoms with E-state index in [2.05, 4.69) is 24.9 Å². The van der Waals surface area contributed by atoms with E-state index in [1.807, 2.05) is 28.8 Å². The largest absolute Gasteiger partial charge is 0.338 e. The van der Waals surface area contributed by atoms with Gasteiger partial charge in [-0.2, -0.15) is 5.10 Å². The Morgan fingerprint density at radius 1 is 1.28 bits per heavy atom. The van der Waals surface area contributed by atoms with E-state index >= 15 is 0 Å². The van der Waals surface area contributed by atoms with Crippen LogP contribution < -0.4 is 0 Å². The zero-order valence-electron chi connectivity index (χ0n) is 14.8. The third kappa shape index (κ3) is 2.84. The number of likely N-dealkylation sites (tertiary alicyclic amines) is 1. The fourth-order valence-corrected chi connectivity index (χ4v) is 4.61. The summed E-state index contributed by atoms with van der Waals surface area (Å²) in [7, 11) is 1.94. The number of hydrogen-bond donors (Lipinski definition) is 0. The molecule has 0 aromatic carbocycles. The SMILES string of the molecule is Cc1cc(C(=O)N2CCC(c3nn(C)c4ncccc34)CC2)sc1C. The molecule has 0 spiro atoms. The number of fused-ring (bicyclic) bond motifs is 1. The van der Waals surface area contributed by atoms with Gasteiger partial charge in [-0.1, -0.05) is 0 Å². The Morgan fingerprint density at radius 3 is 2.72 bits per heavy atom. The Morgan fingerprint density at radius 2 is 2.04 bits per heavy atom. The van der Waals surface area contributed by atoms with Gasteiger partial charge in [-0.05, 0) is 50.5 Å². The van der Waals surface area contributed by atoms with Gasteiger partial charge >= 0.3 is 0 Å². The predicted octanol–water partition coefficient (Wildman–Crippen LogP) is 3.67. The summed E-state index contributed by atoms with van der Waals surface area (Å²) in [5.74, 6) is 0.566. The van der Waals surface area contributed by atoms with Crippen molar-refractivity contribution in [2.75, 3.05) is 13.1 Å². The van der Waals surface area contributed by atoms with Crippen LogP contribution in [-0.4, -0.2) is 38.7 Å². The van der Waals surface area contributed by atoms with E-state index in [1.165, 1.54) is 10.4 Å². The van der Waals surface area contributed by atoms with Crippen LogP contribution in [-0.2, 0) is 7.05 Å².